The zero-order valence-corrected chi connectivity index (χ0v) is 12.1. The Hall–Kier alpha value is -0.870. The van der Waals surface area contributed by atoms with Crippen LogP contribution in [0, 0.1) is 0 Å². The molecule has 5 N–H and O–H groups in total. The van der Waals surface area contributed by atoms with Crippen molar-refractivity contribution in [3.8, 4) is 0 Å². The topological polar surface area (TPSA) is 134 Å². The number of aromatic nitrogens is 2. The average molecular weight is 322 g/mol. The summed E-state index contributed by atoms with van der Waals surface area (Å²) in [7, 11) is 0. The predicted molar refractivity (Wildman–Crippen MR) is 74.2 cm³/mol. The van der Waals surface area contributed by atoms with Gasteiger partial charge < -0.3 is 25.4 Å². The third-order valence-corrected chi connectivity index (χ3v) is 4.62. The van der Waals surface area contributed by atoms with Crippen LogP contribution in [0.1, 0.15) is 6.23 Å². The average Bonchev–Trinajstić information content (AvgIpc) is 2.37. The second-order valence-electron chi connectivity index (χ2n) is 4.32. The van der Waals surface area contributed by atoms with Gasteiger partial charge in [-0.2, -0.15) is 4.98 Å². The van der Waals surface area contributed by atoms with E-state index < -0.39 is 24.7 Å². The van der Waals surface area contributed by atoms with Gasteiger partial charge in [0.25, 0.3) is 6.64 Å². The highest BCUT2D eigenvalue weighted by atomic mass is 32.5. The Morgan fingerprint density at radius 1 is 1.55 bits per heavy atom. The molecule has 0 radical (unpaired) electrons. The van der Waals surface area contributed by atoms with Crippen LogP contribution >= 0.6 is 6.64 Å². The Morgan fingerprint density at radius 3 is 2.80 bits per heavy atom. The van der Waals surface area contributed by atoms with Crippen molar-refractivity contribution in [3.05, 3.63) is 22.7 Å². The number of nitrogens with two attached hydrogens (primary N) is 1. The lowest BCUT2D eigenvalue weighted by Crippen LogP contribution is -2.47. The van der Waals surface area contributed by atoms with Gasteiger partial charge in [-0.1, -0.05) is 0 Å². The number of anilines is 1. The van der Waals surface area contributed by atoms with Crippen LogP contribution in [0.4, 0.5) is 5.82 Å². The van der Waals surface area contributed by atoms with E-state index >= 15 is 0 Å². The van der Waals surface area contributed by atoms with Crippen LogP contribution in [0.5, 0.6) is 0 Å². The van der Waals surface area contributed by atoms with Crippen LogP contribution in [-0.2, 0) is 16.5 Å². The van der Waals surface area contributed by atoms with Crippen molar-refractivity contribution >= 4 is 24.3 Å². The molecule has 112 valence electrons. The van der Waals surface area contributed by atoms with E-state index in [1.54, 1.807) is 0 Å². The summed E-state index contributed by atoms with van der Waals surface area (Å²) >= 11 is 4.65. The van der Waals surface area contributed by atoms with Gasteiger partial charge in [0, 0.05) is 12.7 Å². The van der Waals surface area contributed by atoms with Gasteiger partial charge in [0.2, 0.25) is 0 Å². The van der Waals surface area contributed by atoms with Crippen molar-refractivity contribution < 1.29 is 19.6 Å². The summed E-state index contributed by atoms with van der Waals surface area (Å²) in [5.74, 6) is 0.0760. The quantitative estimate of drug-likeness (QED) is 0.477. The number of aliphatic hydroxyl groups excluding tert-OH is 1. The lowest BCUT2D eigenvalue weighted by atomic mass is 10.3. The molecule has 0 bridgehead atoms. The third-order valence-electron chi connectivity index (χ3n) is 2.86. The number of rotatable bonds is 3. The molecule has 11 heteroatoms. The number of nitrogens with zero attached hydrogens (tertiary/aromatic N) is 3. The van der Waals surface area contributed by atoms with Crippen LogP contribution in [-0.4, -0.2) is 54.9 Å². The van der Waals surface area contributed by atoms with Gasteiger partial charge in [-0.25, -0.2) is 9.46 Å². The predicted octanol–water partition coefficient (Wildman–Crippen LogP) is -1.77. The van der Waals surface area contributed by atoms with Crippen molar-refractivity contribution in [2.75, 3.05) is 25.4 Å². The Kier molecular flexibility index (Phi) is 4.55. The van der Waals surface area contributed by atoms with Crippen molar-refractivity contribution in [2.45, 2.75) is 12.3 Å². The molecule has 2 atom stereocenters. The van der Waals surface area contributed by atoms with E-state index in [1.807, 2.05) is 0 Å². The normalized spacial score (nSPS) is 24.8. The first-order valence-electron chi connectivity index (χ1n) is 5.73. The number of aliphatic hydroxyl groups is 1. The lowest BCUT2D eigenvalue weighted by Gasteiger charge is -2.39. The van der Waals surface area contributed by atoms with Gasteiger partial charge in [0.15, 0.2) is 6.23 Å². The fraction of sp³-hybridized carbons (Fsp3) is 0.556. The highest BCUT2D eigenvalue weighted by molar-refractivity contribution is 8.07. The maximum atomic E-state index is 11.8. The van der Waals surface area contributed by atoms with Gasteiger partial charge in [-0.05, 0) is 17.9 Å². The summed E-state index contributed by atoms with van der Waals surface area (Å²) in [5.41, 5.74) is 4.77. The van der Waals surface area contributed by atoms with Gasteiger partial charge in [-0.3, -0.25) is 4.57 Å². The number of hydrogen-bond acceptors (Lipinski definition) is 6. The second-order valence-corrected chi connectivity index (χ2v) is 7.38. The van der Waals surface area contributed by atoms with Crippen molar-refractivity contribution in [1.29, 1.82) is 0 Å². The summed E-state index contributed by atoms with van der Waals surface area (Å²) in [6.07, 6.45) is -0.117. The van der Waals surface area contributed by atoms with Gasteiger partial charge in [0.1, 0.15) is 5.82 Å². The molecule has 1 saturated heterocycles. The molecule has 0 saturated carbocycles. The fourth-order valence-corrected chi connectivity index (χ4v) is 3.06. The first kappa shape index (κ1) is 15.5. The lowest BCUT2D eigenvalue weighted by molar-refractivity contribution is -0.120. The Bertz CT molecular complexity index is 590. The first-order valence-corrected chi connectivity index (χ1v) is 8.39. The molecule has 1 fully saturated rings. The van der Waals surface area contributed by atoms with E-state index in [2.05, 4.69) is 16.8 Å². The Morgan fingerprint density at radius 2 is 2.25 bits per heavy atom. The fourth-order valence-electron chi connectivity index (χ4n) is 1.91. The number of hydrogen-bond donors (Lipinski definition) is 4. The molecule has 1 aromatic heterocycles. The van der Waals surface area contributed by atoms with Crippen LogP contribution in [0.25, 0.3) is 0 Å². The Balaban J connectivity index is 2.30. The SMILES string of the molecule is Nc1ccn(C2CN(P(O)(O)=S)CC(CO)O2)c(=O)n1. The van der Waals surface area contributed by atoms with Crippen LogP contribution in [0.15, 0.2) is 17.1 Å². The van der Waals surface area contributed by atoms with Crippen LogP contribution in [0.2, 0.25) is 0 Å². The molecule has 0 aromatic carbocycles. The van der Waals surface area contributed by atoms with E-state index in [4.69, 9.17) is 10.5 Å². The van der Waals surface area contributed by atoms with Gasteiger partial charge in [-0.15, -0.1) is 0 Å². The first-order chi connectivity index (χ1) is 9.31. The number of morpholine rings is 1. The molecule has 1 aromatic rings. The van der Waals surface area contributed by atoms with E-state index in [1.165, 1.54) is 16.9 Å². The third kappa shape index (κ3) is 3.41. The summed E-state index contributed by atoms with van der Waals surface area (Å²) in [4.78, 5) is 34.5. The van der Waals surface area contributed by atoms with Crippen LogP contribution in [0.3, 0.4) is 0 Å². The molecule has 2 unspecified atom stereocenters. The maximum absolute atomic E-state index is 11.8. The minimum Gasteiger partial charge on any atom is -0.394 e. The molecule has 0 spiro atoms. The molecule has 2 rings (SSSR count). The molecule has 0 amide bonds. The van der Waals surface area contributed by atoms with E-state index in [0.29, 0.717) is 0 Å². The largest absolute Gasteiger partial charge is 0.394 e. The molecule has 1 aliphatic rings. The highest BCUT2D eigenvalue weighted by Gasteiger charge is 2.34. The summed E-state index contributed by atoms with van der Waals surface area (Å²) in [6.45, 7) is -3.91. The summed E-state index contributed by atoms with van der Waals surface area (Å²) < 4.78 is 7.89. The van der Waals surface area contributed by atoms with Crippen molar-refractivity contribution in [2.24, 2.45) is 0 Å². The minimum atomic E-state index is -3.66. The molecular weight excluding hydrogens is 307 g/mol. The number of nitrogen functional groups attached to an aromatic ring is 1. The van der Waals surface area contributed by atoms with E-state index in [9.17, 15) is 19.7 Å². The molecule has 2 heterocycles. The summed E-state index contributed by atoms with van der Waals surface area (Å²) in [5, 5.41) is 9.19. The standard InChI is InChI=1S/C9H15N4O5PS/c10-7-1-2-13(9(15)11-7)8-4-12(19(16,17)20)3-6(5-14)18-8/h1-2,6,8,14H,3-5H2,(H2,10,11,15)(H2,16,17,20). The molecular formula is C9H15N4O5PS. The monoisotopic (exact) mass is 322 g/mol. The van der Waals surface area contributed by atoms with E-state index in [-0.39, 0.29) is 25.5 Å². The molecule has 9 nitrogen and oxygen atoms in total. The van der Waals surface area contributed by atoms with Gasteiger partial charge in [0.05, 0.1) is 19.3 Å². The minimum absolute atomic E-state index is 0.00623. The maximum Gasteiger partial charge on any atom is 0.351 e. The van der Waals surface area contributed by atoms with Gasteiger partial charge >= 0.3 is 5.69 Å². The molecule has 0 aliphatic carbocycles. The molecule has 1 aliphatic heterocycles. The Labute approximate surface area is 119 Å². The highest BCUT2D eigenvalue weighted by Crippen LogP contribution is 2.43. The summed E-state index contributed by atoms with van der Waals surface area (Å²) in [6, 6.07) is 1.42. The van der Waals surface area contributed by atoms with Crippen molar-refractivity contribution in [1.82, 2.24) is 14.2 Å². The zero-order valence-electron chi connectivity index (χ0n) is 10.4. The second kappa shape index (κ2) is 5.86. The van der Waals surface area contributed by atoms with Crippen LogP contribution < -0.4 is 11.4 Å². The van der Waals surface area contributed by atoms with E-state index in [0.717, 1.165) is 4.57 Å². The van der Waals surface area contributed by atoms with Crippen molar-refractivity contribution in [3.63, 3.8) is 0 Å². The number of ether oxygens (including phenoxy) is 1. The smallest absolute Gasteiger partial charge is 0.351 e. The molecule has 20 heavy (non-hydrogen) atoms. The zero-order chi connectivity index (χ0) is 14.9.